The van der Waals surface area contributed by atoms with Crippen LogP contribution < -0.4 is 14.8 Å². The van der Waals surface area contributed by atoms with Crippen LogP contribution in [0.1, 0.15) is 28.4 Å². The number of hydrogen-bond donors (Lipinski definition) is 2. The molecule has 2 atom stereocenters. The van der Waals surface area contributed by atoms with Crippen molar-refractivity contribution in [1.82, 2.24) is 14.9 Å². The summed E-state index contributed by atoms with van der Waals surface area (Å²) >= 11 is 0. The average molecular weight is 496 g/mol. The van der Waals surface area contributed by atoms with Crippen LogP contribution in [0.25, 0.3) is 0 Å². The third-order valence-electron chi connectivity index (χ3n) is 5.54. The Morgan fingerprint density at radius 2 is 1.88 bits per heavy atom. The van der Waals surface area contributed by atoms with Gasteiger partial charge in [0.1, 0.15) is 5.75 Å². The van der Waals surface area contributed by atoms with Gasteiger partial charge in [-0.05, 0) is 56.4 Å². The zero-order chi connectivity index (χ0) is 24.2. The second-order valence-electron chi connectivity index (χ2n) is 8.21. The van der Waals surface area contributed by atoms with Crippen LogP contribution in [-0.2, 0) is 19.9 Å². The van der Waals surface area contributed by atoms with E-state index in [0.29, 0.717) is 6.54 Å². The van der Waals surface area contributed by atoms with Crippen LogP contribution in [0.4, 0.5) is 0 Å². The minimum atomic E-state index is -3.96. The maximum absolute atomic E-state index is 12.8. The van der Waals surface area contributed by atoms with Crippen LogP contribution in [0.15, 0.2) is 53.4 Å². The lowest BCUT2D eigenvalue weighted by Crippen LogP contribution is -2.36. The Morgan fingerprint density at radius 3 is 2.45 bits per heavy atom. The van der Waals surface area contributed by atoms with Gasteiger partial charge in [-0.1, -0.05) is 18.2 Å². The number of nitrogens with one attached hydrogen (secondary N) is 2. The molecule has 9 nitrogen and oxygen atoms in total. The van der Waals surface area contributed by atoms with Crippen molar-refractivity contribution in [3.8, 4) is 5.75 Å². The van der Waals surface area contributed by atoms with E-state index < -0.39 is 31.8 Å². The van der Waals surface area contributed by atoms with Gasteiger partial charge >= 0.3 is 0 Å². The Kier molecular flexibility index (Phi) is 7.78. The Labute approximate surface area is 195 Å². The summed E-state index contributed by atoms with van der Waals surface area (Å²) in [7, 11) is -1.77. The third kappa shape index (κ3) is 6.53. The van der Waals surface area contributed by atoms with Gasteiger partial charge in [-0.25, -0.2) is 21.6 Å². The number of hydrogen-bond acceptors (Lipinski definition) is 7. The van der Waals surface area contributed by atoms with Crippen molar-refractivity contribution < 1.29 is 26.4 Å². The summed E-state index contributed by atoms with van der Waals surface area (Å²) < 4.78 is 56.3. The highest BCUT2D eigenvalue weighted by molar-refractivity contribution is 7.92. The molecular formula is C22H29N3O6S2. The number of methoxy groups -OCH3 is 1. The molecule has 0 bridgehead atoms. The maximum Gasteiger partial charge on any atom is 0.251 e. The highest BCUT2D eigenvalue weighted by atomic mass is 32.2. The topological polar surface area (TPSA) is 122 Å². The lowest BCUT2D eigenvalue weighted by Gasteiger charge is -2.25. The quantitative estimate of drug-likeness (QED) is 0.536. The first-order valence-electron chi connectivity index (χ1n) is 10.4. The Balaban J connectivity index is 1.69. The van der Waals surface area contributed by atoms with Crippen LogP contribution in [0, 0.1) is 0 Å². The fraction of sp³-hybridized carbons (Fsp3) is 0.409. The second kappa shape index (κ2) is 10.2. The average Bonchev–Trinajstić information content (AvgIpc) is 3.11. The third-order valence-corrected chi connectivity index (χ3v) is 8.83. The van der Waals surface area contributed by atoms with E-state index in [1.807, 2.05) is 43.3 Å². The molecule has 1 aliphatic heterocycles. The van der Waals surface area contributed by atoms with E-state index in [1.54, 1.807) is 7.11 Å². The molecule has 0 aromatic heterocycles. The molecule has 2 aromatic carbocycles. The molecule has 2 aromatic rings. The van der Waals surface area contributed by atoms with Crippen molar-refractivity contribution in [3.63, 3.8) is 0 Å². The van der Waals surface area contributed by atoms with Crippen LogP contribution >= 0.6 is 0 Å². The van der Waals surface area contributed by atoms with Crippen LogP contribution in [0.2, 0.25) is 0 Å². The number of amides is 1. The number of benzene rings is 2. The van der Waals surface area contributed by atoms with Crippen LogP contribution in [0.3, 0.4) is 0 Å². The molecule has 180 valence electrons. The van der Waals surface area contributed by atoms with Crippen molar-refractivity contribution in [1.29, 1.82) is 0 Å². The highest BCUT2D eigenvalue weighted by Gasteiger charge is 2.31. The SMILES string of the molecule is COc1ccc(C(CNC(=O)c2cccc(S(=O)(=O)NC3CCS(=O)(=O)C3)c2)N(C)C)cc1. The fourth-order valence-corrected chi connectivity index (χ4v) is 6.79. The molecule has 3 rings (SSSR count). The first-order chi connectivity index (χ1) is 15.5. The van der Waals surface area contributed by atoms with Crippen molar-refractivity contribution in [2.75, 3.05) is 39.3 Å². The summed E-state index contributed by atoms with van der Waals surface area (Å²) in [6.07, 6.45) is 0.235. The molecule has 0 aliphatic carbocycles. The van der Waals surface area contributed by atoms with Crippen molar-refractivity contribution in [3.05, 3.63) is 59.7 Å². The number of ether oxygens (including phenoxy) is 1. The lowest BCUT2D eigenvalue weighted by molar-refractivity contribution is 0.0941. The van der Waals surface area contributed by atoms with Gasteiger partial charge in [0.2, 0.25) is 10.0 Å². The van der Waals surface area contributed by atoms with Gasteiger partial charge in [-0.3, -0.25) is 4.79 Å². The first kappa shape index (κ1) is 25.2. The predicted octanol–water partition coefficient (Wildman–Crippen LogP) is 1.19. The highest BCUT2D eigenvalue weighted by Crippen LogP contribution is 2.21. The fourth-order valence-electron chi connectivity index (χ4n) is 3.70. The molecule has 2 unspecified atom stereocenters. The van der Waals surface area contributed by atoms with Crippen LogP contribution in [0.5, 0.6) is 5.75 Å². The van der Waals surface area contributed by atoms with Gasteiger partial charge in [0.25, 0.3) is 5.91 Å². The monoisotopic (exact) mass is 495 g/mol. The van der Waals surface area contributed by atoms with Gasteiger partial charge in [-0.15, -0.1) is 0 Å². The predicted molar refractivity (Wildman–Crippen MR) is 126 cm³/mol. The van der Waals surface area contributed by atoms with Gasteiger partial charge in [-0.2, -0.15) is 0 Å². The minimum absolute atomic E-state index is 0.0378. The van der Waals surface area contributed by atoms with Crippen LogP contribution in [-0.4, -0.2) is 72.9 Å². The molecule has 1 saturated heterocycles. The largest absolute Gasteiger partial charge is 0.497 e. The first-order valence-corrected chi connectivity index (χ1v) is 13.7. The van der Waals surface area contributed by atoms with Crippen molar-refractivity contribution >= 4 is 25.8 Å². The number of nitrogens with zero attached hydrogens (tertiary/aromatic N) is 1. The zero-order valence-electron chi connectivity index (χ0n) is 18.8. The number of sulfonamides is 1. The lowest BCUT2D eigenvalue weighted by atomic mass is 10.1. The number of carbonyl (C=O) groups is 1. The standard InChI is InChI=1S/C22H29N3O6S2/c1-25(2)21(16-7-9-19(31-3)10-8-16)14-23-22(26)17-5-4-6-20(13-17)33(29,30)24-18-11-12-32(27,28)15-18/h4-10,13,18,21,24H,11-12,14-15H2,1-3H3,(H,23,26). The van der Waals surface area contributed by atoms with Crippen molar-refractivity contribution in [2.45, 2.75) is 23.4 Å². The van der Waals surface area contributed by atoms with E-state index in [9.17, 15) is 21.6 Å². The normalized spacial score (nSPS) is 18.7. The van der Waals surface area contributed by atoms with E-state index in [-0.39, 0.29) is 34.4 Å². The summed E-state index contributed by atoms with van der Waals surface area (Å²) in [5.74, 6) is 0.0751. The molecule has 1 aliphatic rings. The summed E-state index contributed by atoms with van der Waals surface area (Å²) in [5.41, 5.74) is 1.19. The molecular weight excluding hydrogens is 466 g/mol. The molecule has 0 spiro atoms. The molecule has 1 fully saturated rings. The van der Waals surface area contributed by atoms with E-state index in [1.165, 1.54) is 24.3 Å². The minimum Gasteiger partial charge on any atom is -0.497 e. The number of likely N-dealkylation sites (N-methyl/N-ethyl adjacent to an activating group) is 1. The molecule has 2 N–H and O–H groups in total. The maximum atomic E-state index is 12.8. The summed E-state index contributed by atoms with van der Waals surface area (Å²) in [4.78, 5) is 14.7. The molecule has 33 heavy (non-hydrogen) atoms. The Morgan fingerprint density at radius 1 is 1.18 bits per heavy atom. The Hall–Kier alpha value is -2.47. The second-order valence-corrected chi connectivity index (χ2v) is 12.2. The van der Waals surface area contributed by atoms with Crippen molar-refractivity contribution in [2.24, 2.45) is 0 Å². The van der Waals surface area contributed by atoms with Gasteiger partial charge in [0.05, 0.1) is 29.6 Å². The number of carbonyl (C=O) groups excluding carboxylic acids is 1. The van der Waals surface area contributed by atoms with E-state index in [0.717, 1.165) is 11.3 Å². The summed E-state index contributed by atoms with van der Waals surface area (Å²) in [6.45, 7) is 0.313. The molecule has 0 radical (unpaired) electrons. The number of sulfone groups is 1. The van der Waals surface area contributed by atoms with Gasteiger partial charge < -0.3 is 15.0 Å². The molecule has 0 saturated carbocycles. The van der Waals surface area contributed by atoms with E-state index in [4.69, 9.17) is 4.74 Å². The molecule has 1 heterocycles. The number of rotatable bonds is 9. The van der Waals surface area contributed by atoms with Gasteiger partial charge in [0, 0.05) is 18.2 Å². The summed E-state index contributed by atoms with van der Waals surface area (Å²) in [6, 6.07) is 12.5. The molecule has 1 amide bonds. The Bertz CT molecular complexity index is 1190. The summed E-state index contributed by atoms with van der Waals surface area (Å²) in [5, 5.41) is 2.86. The van der Waals surface area contributed by atoms with E-state index >= 15 is 0 Å². The smallest absolute Gasteiger partial charge is 0.251 e. The van der Waals surface area contributed by atoms with E-state index in [2.05, 4.69) is 10.0 Å². The van der Waals surface area contributed by atoms with Gasteiger partial charge in [0.15, 0.2) is 9.84 Å². The zero-order valence-corrected chi connectivity index (χ0v) is 20.4. The molecule has 11 heteroatoms.